The second kappa shape index (κ2) is 11.7. The van der Waals surface area contributed by atoms with Gasteiger partial charge >= 0.3 is 5.97 Å². The molecule has 8 nitrogen and oxygen atoms in total. The summed E-state index contributed by atoms with van der Waals surface area (Å²) in [6.45, 7) is 4.34. The summed E-state index contributed by atoms with van der Waals surface area (Å²) in [5, 5.41) is 6.93. The van der Waals surface area contributed by atoms with Gasteiger partial charge < -0.3 is 24.7 Å². The summed E-state index contributed by atoms with van der Waals surface area (Å²) >= 11 is 5.74. The number of anilines is 1. The molecule has 1 fully saturated rings. The van der Waals surface area contributed by atoms with Crippen LogP contribution in [0.2, 0.25) is 0 Å². The molecule has 1 aliphatic rings. The van der Waals surface area contributed by atoms with Crippen molar-refractivity contribution in [2.75, 3.05) is 19.0 Å². The minimum atomic E-state index is -0.417. The zero-order valence-electron chi connectivity index (χ0n) is 22.5. The molecule has 3 heterocycles. The van der Waals surface area contributed by atoms with Gasteiger partial charge in [0.05, 0.1) is 24.4 Å². The second-order valence-corrected chi connectivity index (χ2v) is 10.1. The van der Waals surface area contributed by atoms with E-state index in [1.807, 2.05) is 73.3 Å². The molecule has 1 saturated heterocycles. The van der Waals surface area contributed by atoms with Crippen molar-refractivity contribution in [2.45, 2.75) is 32.4 Å². The van der Waals surface area contributed by atoms with Crippen LogP contribution in [-0.2, 0) is 9.53 Å². The summed E-state index contributed by atoms with van der Waals surface area (Å²) < 4.78 is 11.2. The Bertz CT molecular complexity index is 1550. The quantitative estimate of drug-likeness (QED) is 0.210. The summed E-state index contributed by atoms with van der Waals surface area (Å²) in [6.07, 6.45) is 1.97. The smallest absolute Gasteiger partial charge is 0.337 e. The van der Waals surface area contributed by atoms with Gasteiger partial charge in [-0.15, -0.1) is 0 Å². The van der Waals surface area contributed by atoms with Crippen molar-refractivity contribution < 1.29 is 18.7 Å². The van der Waals surface area contributed by atoms with E-state index in [2.05, 4.69) is 15.6 Å². The minimum absolute atomic E-state index is 0.101. The SMILES string of the molecule is COC(=O)c1cccc(-c2ccc([C@@H]3[C@@H](c4ccccn4)NC(=S)N3CCC(=O)Nc3cc(C)ccc3C)o2)c1. The number of methoxy groups -OCH3 is 1. The molecule has 1 aliphatic heterocycles. The topological polar surface area (TPSA) is 96.7 Å². The van der Waals surface area contributed by atoms with E-state index >= 15 is 0 Å². The second-order valence-electron chi connectivity index (χ2n) is 9.71. The molecule has 4 aromatic rings. The first kappa shape index (κ1) is 27.1. The first-order valence-electron chi connectivity index (χ1n) is 13.0. The van der Waals surface area contributed by atoms with E-state index < -0.39 is 5.97 Å². The number of hydrogen-bond acceptors (Lipinski definition) is 6. The molecule has 2 N–H and O–H groups in total. The number of esters is 1. The highest BCUT2D eigenvalue weighted by atomic mass is 32.1. The Hall–Kier alpha value is -4.50. The van der Waals surface area contributed by atoms with E-state index in [1.165, 1.54) is 7.11 Å². The van der Waals surface area contributed by atoms with Crippen LogP contribution in [0.1, 0.15) is 51.4 Å². The number of carbonyl (C=O) groups excluding carboxylic acids is 2. The highest BCUT2D eigenvalue weighted by Crippen LogP contribution is 2.40. The van der Waals surface area contributed by atoms with Crippen LogP contribution < -0.4 is 10.6 Å². The van der Waals surface area contributed by atoms with Crippen LogP contribution in [0.25, 0.3) is 11.3 Å². The van der Waals surface area contributed by atoms with Gasteiger partial charge in [-0.3, -0.25) is 9.78 Å². The van der Waals surface area contributed by atoms with Crippen molar-refractivity contribution >= 4 is 34.9 Å². The number of pyridine rings is 1. The lowest BCUT2D eigenvalue weighted by atomic mass is 10.0. The molecular weight excluding hydrogens is 524 g/mol. The Balaban J connectivity index is 1.41. The van der Waals surface area contributed by atoms with Crippen LogP contribution in [0.15, 0.2) is 83.4 Å². The number of aromatic nitrogens is 1. The third-order valence-electron chi connectivity index (χ3n) is 6.93. The van der Waals surface area contributed by atoms with E-state index in [4.69, 9.17) is 21.4 Å². The van der Waals surface area contributed by atoms with Crippen molar-refractivity contribution in [2.24, 2.45) is 0 Å². The fourth-order valence-corrected chi connectivity index (χ4v) is 5.18. The molecule has 2 aromatic heterocycles. The maximum Gasteiger partial charge on any atom is 0.337 e. The molecule has 0 radical (unpaired) electrons. The molecule has 0 aliphatic carbocycles. The molecule has 0 saturated carbocycles. The Labute approximate surface area is 238 Å². The predicted molar refractivity (Wildman–Crippen MR) is 157 cm³/mol. The maximum atomic E-state index is 13.0. The fourth-order valence-electron chi connectivity index (χ4n) is 4.84. The number of rotatable bonds is 8. The van der Waals surface area contributed by atoms with Gasteiger partial charge in [-0.25, -0.2) is 4.79 Å². The highest BCUT2D eigenvalue weighted by Gasteiger charge is 2.41. The molecule has 5 rings (SSSR count). The Morgan fingerprint density at radius 1 is 1.07 bits per heavy atom. The van der Waals surface area contributed by atoms with Crippen LogP contribution >= 0.6 is 12.2 Å². The lowest BCUT2D eigenvalue weighted by Gasteiger charge is -2.26. The van der Waals surface area contributed by atoms with Gasteiger partial charge in [-0.1, -0.05) is 30.3 Å². The summed E-state index contributed by atoms with van der Waals surface area (Å²) in [5.41, 5.74) is 4.88. The lowest BCUT2D eigenvalue weighted by Crippen LogP contribution is -2.32. The van der Waals surface area contributed by atoms with Gasteiger partial charge in [0.2, 0.25) is 5.91 Å². The molecule has 0 unspecified atom stereocenters. The van der Waals surface area contributed by atoms with Crippen molar-refractivity contribution in [1.82, 2.24) is 15.2 Å². The Morgan fingerprint density at radius 2 is 1.93 bits per heavy atom. The van der Waals surface area contributed by atoms with E-state index in [0.717, 1.165) is 28.1 Å². The van der Waals surface area contributed by atoms with Crippen LogP contribution in [0.5, 0.6) is 0 Å². The predicted octanol–water partition coefficient (Wildman–Crippen LogP) is 5.75. The van der Waals surface area contributed by atoms with Crippen molar-refractivity contribution in [3.8, 4) is 11.3 Å². The maximum absolute atomic E-state index is 13.0. The third kappa shape index (κ3) is 5.74. The molecule has 2 atom stereocenters. The van der Waals surface area contributed by atoms with Crippen LogP contribution in [0.3, 0.4) is 0 Å². The van der Waals surface area contributed by atoms with Crippen LogP contribution in [0.4, 0.5) is 5.69 Å². The molecule has 204 valence electrons. The van der Waals surface area contributed by atoms with Gasteiger partial charge in [-0.05, 0) is 79.7 Å². The molecule has 1 amide bonds. The van der Waals surface area contributed by atoms with Gasteiger partial charge in [0.1, 0.15) is 17.6 Å². The average Bonchev–Trinajstić information content (AvgIpc) is 3.58. The number of amides is 1. The summed E-state index contributed by atoms with van der Waals surface area (Å²) in [6, 6.07) is 21.9. The number of furan rings is 1. The zero-order chi connectivity index (χ0) is 28.2. The van der Waals surface area contributed by atoms with Gasteiger partial charge in [0.15, 0.2) is 5.11 Å². The zero-order valence-corrected chi connectivity index (χ0v) is 23.3. The van der Waals surface area contributed by atoms with Crippen molar-refractivity contribution in [1.29, 1.82) is 0 Å². The first-order chi connectivity index (χ1) is 19.3. The molecule has 40 heavy (non-hydrogen) atoms. The van der Waals surface area contributed by atoms with Crippen molar-refractivity contribution in [3.05, 3.63) is 107 Å². The average molecular weight is 555 g/mol. The summed E-state index contributed by atoms with van der Waals surface area (Å²) in [7, 11) is 1.35. The molecule has 0 bridgehead atoms. The molecule has 0 spiro atoms. The van der Waals surface area contributed by atoms with Gasteiger partial charge in [0.25, 0.3) is 0 Å². The number of benzene rings is 2. The monoisotopic (exact) mass is 554 g/mol. The van der Waals surface area contributed by atoms with E-state index in [-0.39, 0.29) is 24.4 Å². The van der Waals surface area contributed by atoms with E-state index in [1.54, 1.807) is 24.4 Å². The highest BCUT2D eigenvalue weighted by molar-refractivity contribution is 7.80. The number of ether oxygens (including phenoxy) is 1. The summed E-state index contributed by atoms with van der Waals surface area (Å²) in [4.78, 5) is 31.5. The Morgan fingerprint density at radius 3 is 2.70 bits per heavy atom. The number of nitrogens with zero attached hydrogens (tertiary/aromatic N) is 2. The van der Waals surface area contributed by atoms with Crippen LogP contribution in [0, 0.1) is 13.8 Å². The van der Waals surface area contributed by atoms with Crippen LogP contribution in [-0.4, -0.2) is 40.5 Å². The van der Waals surface area contributed by atoms with Gasteiger partial charge in [0, 0.05) is 30.4 Å². The molecule has 2 aromatic carbocycles. The van der Waals surface area contributed by atoms with E-state index in [0.29, 0.717) is 28.7 Å². The fraction of sp³-hybridized carbons (Fsp3) is 0.226. The Kier molecular flexibility index (Phi) is 7.93. The first-order valence-corrected chi connectivity index (χ1v) is 13.4. The normalized spacial score (nSPS) is 16.5. The standard InChI is InChI=1S/C31H30N4O4S/c1-19-10-11-20(2)24(17-19)33-27(36)14-16-35-29(28(34-31(35)40)23-9-4-5-15-32-23)26-13-12-25(39-26)21-7-6-8-22(18-21)30(37)38-3/h4-13,15,17-18,28-29H,14,16H2,1-3H3,(H,33,36)(H,34,40)/t28-,29-/m1/s1. The molecular formula is C31H30N4O4S. The lowest BCUT2D eigenvalue weighted by molar-refractivity contribution is -0.116. The largest absolute Gasteiger partial charge is 0.465 e. The van der Waals surface area contributed by atoms with Crippen molar-refractivity contribution in [3.63, 3.8) is 0 Å². The number of nitrogens with one attached hydrogen (secondary N) is 2. The number of hydrogen-bond donors (Lipinski definition) is 2. The number of aryl methyl sites for hydroxylation is 2. The summed E-state index contributed by atoms with van der Waals surface area (Å²) in [5.74, 6) is 0.748. The number of thiocarbonyl (C=S) groups is 1. The van der Waals surface area contributed by atoms with Gasteiger partial charge in [-0.2, -0.15) is 0 Å². The third-order valence-corrected chi connectivity index (χ3v) is 7.28. The molecule has 9 heteroatoms. The number of carbonyl (C=O) groups is 2. The minimum Gasteiger partial charge on any atom is -0.465 e. The van der Waals surface area contributed by atoms with E-state index in [9.17, 15) is 9.59 Å².